The van der Waals surface area contributed by atoms with Crippen molar-refractivity contribution in [3.05, 3.63) is 59.3 Å². The second kappa shape index (κ2) is 5.32. The molecule has 0 spiro atoms. The first-order valence-corrected chi connectivity index (χ1v) is 9.15. The molecular weight excluding hydrogens is 334 g/mol. The fourth-order valence-electron chi connectivity index (χ4n) is 2.30. The molecule has 116 valence electrons. The van der Waals surface area contributed by atoms with Crippen molar-refractivity contribution in [2.75, 3.05) is 0 Å². The Morgan fingerprint density at radius 1 is 1.22 bits per heavy atom. The summed E-state index contributed by atoms with van der Waals surface area (Å²) in [5.41, 5.74) is 1.22. The standard InChI is InChI=1S/C15H11N3O3S2/c19-23(20)13-6-2-1-4-11(13)14(18-23)16-8-10-9-21-15(17-10)12-5-3-7-22-12/h1-7,9H,8H2,(H,16,18). The van der Waals surface area contributed by atoms with Gasteiger partial charge in [-0.05, 0) is 23.6 Å². The van der Waals surface area contributed by atoms with Crippen molar-refractivity contribution >= 4 is 27.2 Å². The summed E-state index contributed by atoms with van der Waals surface area (Å²) in [6.45, 7) is 0.237. The van der Waals surface area contributed by atoms with Crippen LogP contribution in [0.2, 0.25) is 0 Å². The zero-order valence-electron chi connectivity index (χ0n) is 11.8. The van der Waals surface area contributed by atoms with Crippen molar-refractivity contribution in [1.82, 2.24) is 9.71 Å². The summed E-state index contributed by atoms with van der Waals surface area (Å²) in [4.78, 5) is 9.89. The number of hydrogen-bond donors (Lipinski definition) is 1. The van der Waals surface area contributed by atoms with Crippen molar-refractivity contribution in [2.45, 2.75) is 11.4 Å². The Bertz CT molecular complexity index is 989. The predicted octanol–water partition coefficient (Wildman–Crippen LogP) is 2.64. The lowest BCUT2D eigenvalue weighted by molar-refractivity contribution is 0.574. The number of benzene rings is 1. The van der Waals surface area contributed by atoms with Crippen molar-refractivity contribution in [3.63, 3.8) is 0 Å². The summed E-state index contributed by atoms with van der Waals surface area (Å²) in [6, 6.07) is 10.6. The minimum absolute atomic E-state index is 0.237. The van der Waals surface area contributed by atoms with Crippen molar-refractivity contribution in [1.29, 1.82) is 0 Å². The molecule has 0 bridgehead atoms. The molecule has 0 amide bonds. The predicted molar refractivity (Wildman–Crippen MR) is 86.8 cm³/mol. The van der Waals surface area contributed by atoms with Gasteiger partial charge in [0.25, 0.3) is 10.0 Å². The minimum atomic E-state index is -3.51. The zero-order valence-corrected chi connectivity index (χ0v) is 13.4. The molecule has 3 aromatic rings. The number of sulfonamides is 1. The van der Waals surface area contributed by atoms with E-state index in [0.717, 1.165) is 4.88 Å². The molecule has 23 heavy (non-hydrogen) atoms. The van der Waals surface area contributed by atoms with E-state index >= 15 is 0 Å². The molecule has 6 nitrogen and oxygen atoms in total. The molecule has 0 fully saturated rings. The number of aromatic nitrogens is 1. The van der Waals surface area contributed by atoms with Crippen LogP contribution in [0.3, 0.4) is 0 Å². The first-order chi connectivity index (χ1) is 11.1. The molecule has 1 N–H and O–H groups in total. The summed E-state index contributed by atoms with van der Waals surface area (Å²) in [5, 5.41) is 1.95. The van der Waals surface area contributed by atoms with E-state index in [2.05, 4.69) is 14.7 Å². The lowest BCUT2D eigenvalue weighted by Crippen LogP contribution is -2.22. The average molecular weight is 345 g/mol. The highest BCUT2D eigenvalue weighted by Crippen LogP contribution is 2.25. The molecule has 8 heteroatoms. The van der Waals surface area contributed by atoms with Gasteiger partial charge in [0.15, 0.2) is 0 Å². The van der Waals surface area contributed by atoms with E-state index in [0.29, 0.717) is 23.0 Å². The fourth-order valence-corrected chi connectivity index (χ4v) is 4.21. The summed E-state index contributed by atoms with van der Waals surface area (Å²) >= 11 is 1.54. The number of nitrogens with one attached hydrogen (secondary N) is 1. The van der Waals surface area contributed by atoms with Crippen LogP contribution in [0.25, 0.3) is 10.8 Å². The number of rotatable bonds is 3. The van der Waals surface area contributed by atoms with Gasteiger partial charge in [-0.25, -0.2) is 13.4 Å². The average Bonchev–Trinajstić information content (AvgIpc) is 3.25. The van der Waals surface area contributed by atoms with Gasteiger partial charge in [0.1, 0.15) is 17.8 Å². The van der Waals surface area contributed by atoms with Gasteiger partial charge in [-0.2, -0.15) is 0 Å². The van der Waals surface area contributed by atoms with Crippen LogP contribution in [-0.2, 0) is 16.6 Å². The fraction of sp³-hybridized carbons (Fsp3) is 0.0667. The topological polar surface area (TPSA) is 84.6 Å². The smallest absolute Gasteiger partial charge is 0.263 e. The Balaban J connectivity index is 1.61. The molecule has 0 atom stereocenters. The molecular formula is C15H11N3O3S2. The molecule has 4 rings (SSSR count). The van der Waals surface area contributed by atoms with Crippen LogP contribution in [-0.4, -0.2) is 19.2 Å². The van der Waals surface area contributed by atoms with Crippen LogP contribution in [0.4, 0.5) is 0 Å². The number of fused-ring (bicyclic) bond motifs is 1. The van der Waals surface area contributed by atoms with Crippen LogP contribution < -0.4 is 4.72 Å². The van der Waals surface area contributed by atoms with Gasteiger partial charge in [0.05, 0.1) is 16.3 Å². The second-order valence-corrected chi connectivity index (χ2v) is 7.49. The maximum Gasteiger partial charge on any atom is 0.263 e. The Morgan fingerprint density at radius 2 is 2.09 bits per heavy atom. The van der Waals surface area contributed by atoms with E-state index in [4.69, 9.17) is 4.42 Å². The van der Waals surface area contributed by atoms with Gasteiger partial charge in [-0.1, -0.05) is 18.2 Å². The summed E-state index contributed by atoms with van der Waals surface area (Å²) in [6.07, 6.45) is 1.54. The second-order valence-electron chi connectivity index (χ2n) is 4.89. The van der Waals surface area contributed by atoms with Gasteiger partial charge in [0, 0.05) is 5.56 Å². The largest absolute Gasteiger partial charge is 0.443 e. The normalized spacial score (nSPS) is 17.1. The van der Waals surface area contributed by atoms with E-state index in [-0.39, 0.29) is 11.4 Å². The van der Waals surface area contributed by atoms with Crippen molar-refractivity contribution in [2.24, 2.45) is 4.99 Å². The molecule has 0 saturated carbocycles. The summed E-state index contributed by atoms with van der Waals surface area (Å²) in [7, 11) is -3.51. The maximum absolute atomic E-state index is 12.0. The maximum atomic E-state index is 12.0. The van der Waals surface area contributed by atoms with E-state index in [1.807, 2.05) is 17.5 Å². The lowest BCUT2D eigenvalue weighted by atomic mass is 10.2. The Hall–Kier alpha value is -2.45. The Kier molecular flexibility index (Phi) is 3.28. The first-order valence-electron chi connectivity index (χ1n) is 6.78. The third kappa shape index (κ3) is 2.55. The monoisotopic (exact) mass is 345 g/mol. The van der Waals surface area contributed by atoms with Gasteiger partial charge in [0.2, 0.25) is 5.89 Å². The lowest BCUT2D eigenvalue weighted by Gasteiger charge is -1.97. The summed E-state index contributed by atoms with van der Waals surface area (Å²) < 4.78 is 31.9. The highest BCUT2D eigenvalue weighted by Gasteiger charge is 2.30. The van der Waals surface area contributed by atoms with Gasteiger partial charge in [-0.15, -0.1) is 11.3 Å². The highest BCUT2D eigenvalue weighted by atomic mass is 32.2. The van der Waals surface area contributed by atoms with Gasteiger partial charge >= 0.3 is 0 Å². The van der Waals surface area contributed by atoms with Gasteiger partial charge < -0.3 is 4.42 Å². The van der Waals surface area contributed by atoms with E-state index < -0.39 is 10.0 Å². The molecule has 0 unspecified atom stereocenters. The van der Waals surface area contributed by atoms with Gasteiger partial charge in [-0.3, -0.25) is 9.71 Å². The van der Waals surface area contributed by atoms with E-state index in [9.17, 15) is 8.42 Å². The number of amidine groups is 1. The Morgan fingerprint density at radius 3 is 2.91 bits per heavy atom. The number of oxazole rings is 1. The van der Waals surface area contributed by atoms with Crippen LogP contribution in [0.15, 0.2) is 62.3 Å². The quantitative estimate of drug-likeness (QED) is 0.791. The van der Waals surface area contributed by atoms with Crippen LogP contribution in [0.5, 0.6) is 0 Å². The number of aliphatic imine (C=N–C) groups is 1. The third-order valence-electron chi connectivity index (χ3n) is 3.35. The van der Waals surface area contributed by atoms with Crippen LogP contribution in [0.1, 0.15) is 11.3 Å². The van der Waals surface area contributed by atoms with Crippen LogP contribution >= 0.6 is 11.3 Å². The SMILES string of the molecule is O=S1(=O)NC(=NCc2coc(-c3cccs3)n2)c2ccccc21. The van der Waals surface area contributed by atoms with Crippen LogP contribution in [0, 0.1) is 0 Å². The first kappa shape index (κ1) is 14.2. The highest BCUT2D eigenvalue weighted by molar-refractivity contribution is 7.90. The zero-order chi connectivity index (χ0) is 15.9. The number of nitrogens with zero attached hydrogens (tertiary/aromatic N) is 2. The summed E-state index contributed by atoms with van der Waals surface area (Å²) in [5.74, 6) is 0.879. The number of hydrogen-bond acceptors (Lipinski definition) is 6. The van der Waals surface area contributed by atoms with E-state index in [1.165, 1.54) is 17.6 Å². The molecule has 0 saturated heterocycles. The Labute approximate surface area is 136 Å². The molecule has 1 aliphatic rings. The molecule has 1 aliphatic heterocycles. The van der Waals surface area contributed by atoms with Crippen molar-refractivity contribution < 1.29 is 12.8 Å². The van der Waals surface area contributed by atoms with Crippen molar-refractivity contribution in [3.8, 4) is 10.8 Å². The molecule has 0 aliphatic carbocycles. The number of thiophene rings is 1. The molecule has 2 aromatic heterocycles. The molecule has 3 heterocycles. The molecule has 0 radical (unpaired) electrons. The molecule has 1 aromatic carbocycles. The minimum Gasteiger partial charge on any atom is -0.443 e. The third-order valence-corrected chi connectivity index (χ3v) is 5.60. The van der Waals surface area contributed by atoms with E-state index in [1.54, 1.807) is 24.3 Å².